The van der Waals surface area contributed by atoms with Crippen molar-refractivity contribution in [2.45, 2.75) is 11.5 Å². The van der Waals surface area contributed by atoms with Crippen molar-refractivity contribution in [3.05, 3.63) is 22.4 Å². The van der Waals surface area contributed by atoms with E-state index in [0.29, 0.717) is 0 Å². The number of hydrogen-bond acceptors (Lipinski definition) is 3. The number of sulfonamides is 1. The highest BCUT2D eigenvalue weighted by Gasteiger charge is 2.20. The van der Waals surface area contributed by atoms with Gasteiger partial charge < -0.3 is 4.74 Å². The molecule has 0 saturated carbocycles. The Morgan fingerprint density at radius 2 is 1.94 bits per heavy atom. The molecule has 16 heavy (non-hydrogen) atoms. The van der Waals surface area contributed by atoms with E-state index in [1.54, 1.807) is 0 Å². The molecule has 1 rings (SSSR count). The summed E-state index contributed by atoms with van der Waals surface area (Å²) >= 11 is 2.60. The quantitative estimate of drug-likeness (QED) is 0.924. The van der Waals surface area contributed by atoms with E-state index in [9.17, 15) is 21.6 Å². The topological polar surface area (TPSA) is 69.4 Å². The van der Waals surface area contributed by atoms with E-state index < -0.39 is 37.6 Å². The van der Waals surface area contributed by atoms with E-state index in [0.717, 1.165) is 12.1 Å². The molecule has 0 aliphatic rings. The van der Waals surface area contributed by atoms with Crippen LogP contribution in [0.3, 0.4) is 0 Å². The van der Waals surface area contributed by atoms with Crippen molar-refractivity contribution in [2.75, 3.05) is 0 Å². The standard InChI is InChI=1S/C7H5BrF3NO3S/c8-5-4(16(12,13)14)2-1-3(6(5)9)15-7(10)11/h1-2,7H,(H2,12,13,14). The lowest BCUT2D eigenvalue weighted by molar-refractivity contribution is -0.0523. The van der Waals surface area contributed by atoms with Crippen LogP contribution in [-0.4, -0.2) is 15.0 Å². The number of primary sulfonamides is 1. The predicted molar refractivity (Wildman–Crippen MR) is 52.1 cm³/mol. The van der Waals surface area contributed by atoms with Gasteiger partial charge >= 0.3 is 6.61 Å². The number of benzene rings is 1. The molecule has 0 bridgehead atoms. The maximum absolute atomic E-state index is 13.3. The average molecular weight is 320 g/mol. The van der Waals surface area contributed by atoms with Crippen LogP contribution in [0.15, 0.2) is 21.5 Å². The van der Waals surface area contributed by atoms with Crippen LogP contribution >= 0.6 is 15.9 Å². The van der Waals surface area contributed by atoms with Crippen LogP contribution in [0.4, 0.5) is 13.2 Å². The zero-order valence-corrected chi connectivity index (χ0v) is 9.86. The van der Waals surface area contributed by atoms with Crippen LogP contribution in [0, 0.1) is 5.82 Å². The first kappa shape index (κ1) is 13.3. The van der Waals surface area contributed by atoms with Crippen LogP contribution in [0.25, 0.3) is 0 Å². The summed E-state index contributed by atoms with van der Waals surface area (Å²) in [5, 5.41) is 4.76. The molecule has 2 N–H and O–H groups in total. The van der Waals surface area contributed by atoms with Crippen LogP contribution in [0.1, 0.15) is 0 Å². The molecule has 0 fully saturated rings. The lowest BCUT2D eigenvalue weighted by Crippen LogP contribution is -2.14. The molecule has 0 aromatic heterocycles. The van der Waals surface area contributed by atoms with Crippen molar-refractivity contribution < 1.29 is 26.3 Å². The third-order valence-electron chi connectivity index (χ3n) is 1.53. The minimum atomic E-state index is -4.13. The Bertz CT molecular complexity index is 506. The van der Waals surface area contributed by atoms with Gasteiger partial charge in [0.05, 0.1) is 9.37 Å². The van der Waals surface area contributed by atoms with Gasteiger partial charge in [-0.25, -0.2) is 17.9 Å². The molecular weight excluding hydrogens is 315 g/mol. The maximum atomic E-state index is 13.3. The molecule has 0 heterocycles. The molecule has 0 amide bonds. The molecule has 0 spiro atoms. The predicted octanol–water partition coefficient (Wildman–Crippen LogP) is 1.84. The highest BCUT2D eigenvalue weighted by Crippen LogP contribution is 2.31. The summed E-state index contributed by atoms with van der Waals surface area (Å²) in [6.07, 6.45) is 0. The van der Waals surface area contributed by atoms with Gasteiger partial charge in [-0.05, 0) is 28.1 Å². The second-order valence-corrected chi connectivity index (χ2v) is 4.94. The second-order valence-electron chi connectivity index (χ2n) is 2.61. The summed E-state index contributed by atoms with van der Waals surface area (Å²) in [4.78, 5) is -0.549. The first-order valence-corrected chi connectivity index (χ1v) is 6.03. The van der Waals surface area contributed by atoms with Gasteiger partial charge in [-0.1, -0.05) is 0 Å². The van der Waals surface area contributed by atoms with Crippen molar-refractivity contribution in [1.29, 1.82) is 0 Å². The van der Waals surface area contributed by atoms with Gasteiger partial charge in [-0.15, -0.1) is 0 Å². The van der Waals surface area contributed by atoms with Crippen molar-refractivity contribution in [3.63, 3.8) is 0 Å². The molecule has 9 heteroatoms. The van der Waals surface area contributed by atoms with Gasteiger partial charge in [0.1, 0.15) is 0 Å². The van der Waals surface area contributed by atoms with E-state index in [-0.39, 0.29) is 0 Å². The van der Waals surface area contributed by atoms with E-state index in [4.69, 9.17) is 5.14 Å². The minimum absolute atomic E-state index is 0.548. The van der Waals surface area contributed by atoms with Crippen molar-refractivity contribution in [2.24, 2.45) is 5.14 Å². The molecule has 0 radical (unpaired) electrons. The molecule has 0 aliphatic heterocycles. The van der Waals surface area contributed by atoms with Crippen molar-refractivity contribution >= 4 is 26.0 Å². The summed E-state index contributed by atoms with van der Waals surface area (Å²) in [5.74, 6) is -2.03. The van der Waals surface area contributed by atoms with Crippen LogP contribution in [0.5, 0.6) is 5.75 Å². The largest absolute Gasteiger partial charge is 0.432 e. The highest BCUT2D eigenvalue weighted by atomic mass is 79.9. The van der Waals surface area contributed by atoms with E-state index in [2.05, 4.69) is 20.7 Å². The molecule has 0 unspecified atom stereocenters. The zero-order chi connectivity index (χ0) is 12.5. The van der Waals surface area contributed by atoms with Gasteiger partial charge in [0, 0.05) is 0 Å². The van der Waals surface area contributed by atoms with Crippen LogP contribution in [-0.2, 0) is 10.0 Å². The fraction of sp³-hybridized carbons (Fsp3) is 0.143. The van der Waals surface area contributed by atoms with Crippen molar-refractivity contribution in [1.82, 2.24) is 0 Å². The summed E-state index contributed by atoms with van der Waals surface area (Å²) in [6, 6.07) is 1.62. The van der Waals surface area contributed by atoms with Gasteiger partial charge in [0.2, 0.25) is 10.0 Å². The van der Waals surface area contributed by atoms with E-state index in [1.807, 2.05) is 0 Å². The fourth-order valence-corrected chi connectivity index (χ4v) is 2.52. The van der Waals surface area contributed by atoms with Crippen LogP contribution in [0.2, 0.25) is 0 Å². The van der Waals surface area contributed by atoms with E-state index in [1.165, 1.54) is 0 Å². The summed E-state index contributed by atoms with van der Waals surface area (Å²) < 4.78 is 62.1. The Hall–Kier alpha value is -0.800. The molecule has 0 atom stereocenters. The molecule has 0 saturated heterocycles. The number of rotatable bonds is 3. The maximum Gasteiger partial charge on any atom is 0.387 e. The lowest BCUT2D eigenvalue weighted by Gasteiger charge is -2.08. The SMILES string of the molecule is NS(=O)(=O)c1ccc(OC(F)F)c(F)c1Br. The van der Waals surface area contributed by atoms with Gasteiger partial charge in [-0.3, -0.25) is 0 Å². The minimum Gasteiger partial charge on any atom is -0.432 e. The summed E-state index contributed by atoms with van der Waals surface area (Å²) in [6.45, 7) is -3.21. The Kier molecular flexibility index (Phi) is 3.81. The number of hydrogen-bond donors (Lipinski definition) is 1. The monoisotopic (exact) mass is 319 g/mol. The third-order valence-corrected chi connectivity index (χ3v) is 3.53. The average Bonchev–Trinajstić information content (AvgIpc) is 2.10. The second kappa shape index (κ2) is 4.60. The zero-order valence-electron chi connectivity index (χ0n) is 7.45. The summed E-state index contributed by atoms with van der Waals surface area (Å²) in [5.41, 5.74) is 0. The van der Waals surface area contributed by atoms with Crippen molar-refractivity contribution in [3.8, 4) is 5.75 Å². The van der Waals surface area contributed by atoms with Gasteiger partial charge in [0.25, 0.3) is 0 Å². The smallest absolute Gasteiger partial charge is 0.387 e. The Labute approximate surface area is 97.4 Å². The first-order valence-electron chi connectivity index (χ1n) is 3.69. The molecule has 1 aromatic carbocycles. The van der Waals surface area contributed by atoms with Gasteiger partial charge in [-0.2, -0.15) is 8.78 Å². The highest BCUT2D eigenvalue weighted by molar-refractivity contribution is 9.10. The molecular formula is C7H5BrF3NO3S. The summed E-state index contributed by atoms with van der Waals surface area (Å²) in [7, 11) is -4.13. The Morgan fingerprint density at radius 3 is 2.38 bits per heavy atom. The Morgan fingerprint density at radius 1 is 1.38 bits per heavy atom. The number of halogens is 4. The lowest BCUT2D eigenvalue weighted by atomic mass is 10.3. The third kappa shape index (κ3) is 2.86. The number of alkyl halides is 2. The molecule has 0 aliphatic carbocycles. The first-order chi connectivity index (χ1) is 7.23. The number of nitrogens with two attached hydrogens (primary N) is 1. The fourth-order valence-electron chi connectivity index (χ4n) is 0.921. The Balaban J connectivity index is 3.29. The molecule has 4 nitrogen and oxygen atoms in total. The van der Waals surface area contributed by atoms with Crippen LogP contribution < -0.4 is 9.88 Å². The molecule has 1 aromatic rings. The van der Waals surface area contributed by atoms with Gasteiger partial charge in [0.15, 0.2) is 11.6 Å². The van der Waals surface area contributed by atoms with E-state index >= 15 is 0 Å². The number of ether oxygens (including phenoxy) is 1. The normalized spacial score (nSPS) is 11.9. The molecule has 90 valence electrons.